The number of amides is 1. The predicted molar refractivity (Wildman–Crippen MR) is 128 cm³/mol. The number of carbonyl (C=O) groups excluding carboxylic acids is 1. The summed E-state index contributed by atoms with van der Waals surface area (Å²) < 4.78 is 14.2. The Labute approximate surface area is 194 Å². The summed E-state index contributed by atoms with van der Waals surface area (Å²) in [5, 5.41) is 10.6. The van der Waals surface area contributed by atoms with E-state index in [-0.39, 0.29) is 11.7 Å². The lowest BCUT2D eigenvalue weighted by Gasteiger charge is -2.17. The number of aromatic nitrogens is 2. The highest BCUT2D eigenvalue weighted by atomic mass is 35.5. The summed E-state index contributed by atoms with van der Waals surface area (Å²) in [5.74, 6) is -0.950. The fraction of sp³-hybridized carbons (Fsp3) is 0.0800. The fourth-order valence-corrected chi connectivity index (χ4v) is 3.50. The average molecular weight is 463 g/mol. The molecule has 2 N–H and O–H groups in total. The topological polar surface area (TPSA) is 76.0 Å². The van der Waals surface area contributed by atoms with Crippen molar-refractivity contribution >= 4 is 28.9 Å². The molecule has 0 spiro atoms. The largest absolute Gasteiger partial charge is 0.377 e. The molecule has 0 radical (unpaired) electrons. The molecule has 3 aromatic carbocycles. The highest BCUT2D eigenvalue weighted by Gasteiger charge is 2.13. The lowest BCUT2D eigenvalue weighted by Crippen LogP contribution is -2.24. The first kappa shape index (κ1) is 22.2. The minimum Gasteiger partial charge on any atom is -0.377 e. The Morgan fingerprint density at radius 1 is 1.00 bits per heavy atom. The first-order valence-corrected chi connectivity index (χ1v) is 10.6. The molecule has 0 bridgehead atoms. The van der Waals surface area contributed by atoms with Gasteiger partial charge in [-0.15, -0.1) is 0 Å². The minimum absolute atomic E-state index is 0.0231. The van der Waals surface area contributed by atoms with Gasteiger partial charge in [0, 0.05) is 17.8 Å². The van der Waals surface area contributed by atoms with E-state index in [0.29, 0.717) is 16.4 Å². The van der Waals surface area contributed by atoms with Crippen molar-refractivity contribution in [3.05, 3.63) is 117 Å². The SMILES string of the molecule is CC(Nc1ccc(NC(=O)c2ccc(=O)n(-c3ccc(F)cc3)n2)cc1Cl)c1ccccc1. The van der Waals surface area contributed by atoms with E-state index in [1.165, 1.54) is 36.4 Å². The van der Waals surface area contributed by atoms with Gasteiger partial charge in [0.15, 0.2) is 0 Å². The van der Waals surface area contributed by atoms with Crippen molar-refractivity contribution in [2.45, 2.75) is 13.0 Å². The van der Waals surface area contributed by atoms with Crippen LogP contribution in [-0.2, 0) is 0 Å². The predicted octanol–water partition coefficient (Wildman–Crippen LogP) is 5.45. The van der Waals surface area contributed by atoms with E-state index in [1.54, 1.807) is 18.2 Å². The van der Waals surface area contributed by atoms with Gasteiger partial charge in [-0.2, -0.15) is 9.78 Å². The van der Waals surface area contributed by atoms with E-state index in [0.717, 1.165) is 15.9 Å². The number of benzene rings is 3. The van der Waals surface area contributed by atoms with Crippen LogP contribution in [0, 0.1) is 5.82 Å². The van der Waals surface area contributed by atoms with Crippen molar-refractivity contribution in [2.75, 3.05) is 10.6 Å². The highest BCUT2D eigenvalue weighted by Crippen LogP contribution is 2.29. The summed E-state index contributed by atoms with van der Waals surface area (Å²) in [5.41, 5.74) is 2.26. The third-order valence-electron chi connectivity index (χ3n) is 5.00. The van der Waals surface area contributed by atoms with Gasteiger partial charge in [-0.3, -0.25) is 9.59 Å². The molecule has 1 heterocycles. The summed E-state index contributed by atoms with van der Waals surface area (Å²) in [6, 6.07) is 23.0. The summed E-state index contributed by atoms with van der Waals surface area (Å²) in [4.78, 5) is 24.9. The molecule has 0 fully saturated rings. The molecule has 0 aliphatic rings. The summed E-state index contributed by atoms with van der Waals surface area (Å²) in [6.07, 6.45) is 0. The van der Waals surface area contributed by atoms with Gasteiger partial charge in [0.2, 0.25) is 0 Å². The number of nitrogens with one attached hydrogen (secondary N) is 2. The molecular weight excluding hydrogens is 443 g/mol. The highest BCUT2D eigenvalue weighted by molar-refractivity contribution is 6.33. The molecule has 1 amide bonds. The second-order valence-corrected chi connectivity index (χ2v) is 7.78. The number of carbonyl (C=O) groups is 1. The Morgan fingerprint density at radius 3 is 2.42 bits per heavy atom. The van der Waals surface area contributed by atoms with Crippen molar-refractivity contribution in [1.82, 2.24) is 9.78 Å². The normalized spacial score (nSPS) is 11.6. The van der Waals surface area contributed by atoms with Crippen LogP contribution in [0.25, 0.3) is 5.69 Å². The van der Waals surface area contributed by atoms with E-state index >= 15 is 0 Å². The maximum Gasteiger partial charge on any atom is 0.276 e. The molecule has 0 aliphatic heterocycles. The van der Waals surface area contributed by atoms with Crippen LogP contribution in [0.5, 0.6) is 0 Å². The van der Waals surface area contributed by atoms with Crippen LogP contribution >= 0.6 is 11.6 Å². The Kier molecular flexibility index (Phi) is 6.51. The van der Waals surface area contributed by atoms with Gasteiger partial charge in [-0.1, -0.05) is 41.9 Å². The van der Waals surface area contributed by atoms with Gasteiger partial charge >= 0.3 is 0 Å². The number of halogens is 2. The Balaban J connectivity index is 1.50. The lowest BCUT2D eigenvalue weighted by molar-refractivity contribution is 0.102. The van der Waals surface area contributed by atoms with Crippen molar-refractivity contribution in [2.24, 2.45) is 0 Å². The van der Waals surface area contributed by atoms with E-state index in [2.05, 4.69) is 15.7 Å². The van der Waals surface area contributed by atoms with Gasteiger partial charge < -0.3 is 10.6 Å². The van der Waals surface area contributed by atoms with Gasteiger partial charge in [0.1, 0.15) is 11.5 Å². The number of anilines is 2. The van der Waals surface area contributed by atoms with Crippen molar-refractivity contribution in [3.63, 3.8) is 0 Å². The smallest absolute Gasteiger partial charge is 0.276 e. The maximum atomic E-state index is 13.2. The van der Waals surface area contributed by atoms with Crippen LogP contribution in [0.3, 0.4) is 0 Å². The zero-order valence-corrected chi connectivity index (χ0v) is 18.4. The zero-order valence-electron chi connectivity index (χ0n) is 17.6. The van der Waals surface area contributed by atoms with Gasteiger partial charge in [-0.25, -0.2) is 4.39 Å². The van der Waals surface area contributed by atoms with Crippen LogP contribution in [0.15, 0.2) is 89.7 Å². The van der Waals surface area contributed by atoms with Crippen LogP contribution in [0.4, 0.5) is 15.8 Å². The monoisotopic (exact) mass is 462 g/mol. The average Bonchev–Trinajstić information content (AvgIpc) is 2.82. The summed E-state index contributed by atoms with van der Waals surface area (Å²) in [6.45, 7) is 2.03. The lowest BCUT2D eigenvalue weighted by atomic mass is 10.1. The van der Waals surface area contributed by atoms with Crippen LogP contribution in [0.1, 0.15) is 29.0 Å². The van der Waals surface area contributed by atoms with Crippen molar-refractivity contribution in [1.29, 1.82) is 0 Å². The summed E-state index contributed by atoms with van der Waals surface area (Å²) in [7, 11) is 0. The minimum atomic E-state index is -0.514. The standard InChI is InChI=1S/C25H20ClFN4O2/c1-16(17-5-3-2-4-6-17)28-22-12-9-19(15-21(22)26)29-25(33)23-13-14-24(32)31(30-23)20-10-7-18(27)8-11-20/h2-16,28H,1H3,(H,29,33). The number of hydrogen-bond donors (Lipinski definition) is 2. The first-order valence-electron chi connectivity index (χ1n) is 10.2. The molecule has 1 aromatic heterocycles. The molecular formula is C25H20ClFN4O2. The Bertz CT molecular complexity index is 1340. The second-order valence-electron chi connectivity index (χ2n) is 7.37. The third kappa shape index (κ3) is 5.27. The van der Waals surface area contributed by atoms with Gasteiger partial charge in [0.05, 0.1) is 16.4 Å². The summed E-state index contributed by atoms with van der Waals surface area (Å²) >= 11 is 6.42. The van der Waals surface area contributed by atoms with E-state index in [9.17, 15) is 14.0 Å². The van der Waals surface area contributed by atoms with E-state index in [1.807, 2.05) is 37.3 Å². The quantitative estimate of drug-likeness (QED) is 0.399. The maximum absolute atomic E-state index is 13.2. The molecule has 0 saturated heterocycles. The Morgan fingerprint density at radius 2 is 1.73 bits per heavy atom. The second kappa shape index (κ2) is 9.67. The fourth-order valence-electron chi connectivity index (χ4n) is 3.26. The third-order valence-corrected chi connectivity index (χ3v) is 5.32. The van der Waals surface area contributed by atoms with Gasteiger partial charge in [-0.05, 0) is 61.0 Å². The molecule has 1 atom stereocenters. The van der Waals surface area contributed by atoms with E-state index in [4.69, 9.17) is 11.6 Å². The van der Waals surface area contributed by atoms with Crippen LogP contribution in [-0.4, -0.2) is 15.7 Å². The number of nitrogens with zero attached hydrogens (tertiary/aromatic N) is 2. The van der Waals surface area contributed by atoms with Crippen LogP contribution in [0.2, 0.25) is 5.02 Å². The van der Waals surface area contributed by atoms with E-state index < -0.39 is 17.3 Å². The van der Waals surface area contributed by atoms with Crippen molar-refractivity contribution in [3.8, 4) is 5.69 Å². The van der Waals surface area contributed by atoms with Crippen molar-refractivity contribution < 1.29 is 9.18 Å². The molecule has 33 heavy (non-hydrogen) atoms. The molecule has 0 aliphatic carbocycles. The number of rotatable bonds is 6. The molecule has 0 saturated carbocycles. The molecule has 6 nitrogen and oxygen atoms in total. The van der Waals surface area contributed by atoms with Crippen LogP contribution < -0.4 is 16.2 Å². The van der Waals surface area contributed by atoms with Gasteiger partial charge in [0.25, 0.3) is 11.5 Å². The molecule has 8 heteroatoms. The molecule has 4 rings (SSSR count). The molecule has 1 unspecified atom stereocenters. The molecule has 4 aromatic rings. The Hall–Kier alpha value is -3.97. The first-order chi connectivity index (χ1) is 15.9. The molecule has 166 valence electrons. The number of hydrogen-bond acceptors (Lipinski definition) is 4. The zero-order chi connectivity index (χ0) is 23.4.